The molecule has 6 heteroatoms. The predicted molar refractivity (Wildman–Crippen MR) is 93.5 cm³/mol. The van der Waals surface area contributed by atoms with Crippen molar-refractivity contribution in [1.29, 1.82) is 0 Å². The van der Waals surface area contributed by atoms with Crippen molar-refractivity contribution in [3.63, 3.8) is 0 Å². The maximum atomic E-state index is 5.43. The molecule has 0 bridgehead atoms. The van der Waals surface area contributed by atoms with Crippen LogP contribution in [0.3, 0.4) is 0 Å². The van der Waals surface area contributed by atoms with Crippen molar-refractivity contribution >= 4 is 0 Å². The van der Waals surface area contributed by atoms with Gasteiger partial charge in [0.1, 0.15) is 5.75 Å². The summed E-state index contributed by atoms with van der Waals surface area (Å²) in [5.41, 5.74) is 6.58. The van der Waals surface area contributed by atoms with Crippen molar-refractivity contribution in [1.82, 2.24) is 15.2 Å². The van der Waals surface area contributed by atoms with Crippen molar-refractivity contribution in [2.75, 3.05) is 21.3 Å². The molecular weight excluding hydrogens is 318 g/mol. The van der Waals surface area contributed by atoms with Gasteiger partial charge in [0.15, 0.2) is 11.5 Å². The SMILES string of the molecule is COc1ccncc1Cc1[nH]nc2c1Cc1cc(OC)c(OC)cc1-2. The molecule has 0 atom stereocenters. The molecule has 0 radical (unpaired) electrons. The molecule has 0 amide bonds. The second kappa shape index (κ2) is 6.12. The standard InChI is InChI=1S/C19H19N3O3/c1-23-16-4-5-20-10-12(16)7-15-14-6-11-8-17(24-2)18(25-3)9-13(11)19(14)22-21-15/h4-5,8-10H,6-7H2,1-3H3,(H,21,22). The lowest BCUT2D eigenvalue weighted by atomic mass is 10.1. The van der Waals surface area contributed by atoms with Crippen molar-refractivity contribution in [2.24, 2.45) is 0 Å². The van der Waals surface area contributed by atoms with E-state index in [1.807, 2.05) is 24.4 Å². The average Bonchev–Trinajstić information content (AvgIpc) is 3.20. The molecule has 0 unspecified atom stereocenters. The van der Waals surface area contributed by atoms with Crippen LogP contribution < -0.4 is 14.2 Å². The minimum Gasteiger partial charge on any atom is -0.496 e. The van der Waals surface area contributed by atoms with Gasteiger partial charge >= 0.3 is 0 Å². The number of hydrogen-bond donors (Lipinski definition) is 1. The minimum absolute atomic E-state index is 0.696. The second-order valence-corrected chi connectivity index (χ2v) is 5.93. The van der Waals surface area contributed by atoms with Gasteiger partial charge < -0.3 is 14.2 Å². The summed E-state index contributed by atoms with van der Waals surface area (Å²) in [6.45, 7) is 0. The van der Waals surface area contributed by atoms with Gasteiger partial charge in [0, 0.05) is 47.6 Å². The number of aromatic nitrogens is 3. The Hall–Kier alpha value is -3.02. The van der Waals surface area contributed by atoms with Crippen LogP contribution in [-0.4, -0.2) is 36.5 Å². The number of rotatable bonds is 5. The van der Waals surface area contributed by atoms with Crippen LogP contribution in [0.2, 0.25) is 0 Å². The number of hydrogen-bond acceptors (Lipinski definition) is 5. The molecule has 128 valence electrons. The van der Waals surface area contributed by atoms with Crippen LogP contribution in [0.5, 0.6) is 17.2 Å². The average molecular weight is 337 g/mol. The summed E-state index contributed by atoms with van der Waals surface area (Å²) in [6, 6.07) is 5.90. The molecule has 0 spiro atoms. The number of H-pyrrole nitrogens is 1. The molecule has 0 saturated carbocycles. The van der Waals surface area contributed by atoms with E-state index in [9.17, 15) is 0 Å². The van der Waals surface area contributed by atoms with Gasteiger partial charge in [-0.05, 0) is 23.8 Å². The van der Waals surface area contributed by atoms with E-state index < -0.39 is 0 Å². The predicted octanol–water partition coefficient (Wildman–Crippen LogP) is 2.99. The number of nitrogens with one attached hydrogen (secondary N) is 1. The monoisotopic (exact) mass is 337 g/mol. The van der Waals surface area contributed by atoms with Crippen LogP contribution in [0.4, 0.5) is 0 Å². The summed E-state index contributed by atoms with van der Waals surface area (Å²) in [4.78, 5) is 4.20. The van der Waals surface area contributed by atoms with Crippen LogP contribution in [0.25, 0.3) is 11.3 Å². The van der Waals surface area contributed by atoms with Gasteiger partial charge in [-0.3, -0.25) is 10.1 Å². The van der Waals surface area contributed by atoms with Gasteiger partial charge in [-0.1, -0.05) is 0 Å². The Balaban J connectivity index is 1.72. The van der Waals surface area contributed by atoms with Crippen molar-refractivity contribution in [3.8, 4) is 28.5 Å². The van der Waals surface area contributed by atoms with Crippen LogP contribution >= 0.6 is 0 Å². The Morgan fingerprint density at radius 3 is 2.56 bits per heavy atom. The lowest BCUT2D eigenvalue weighted by molar-refractivity contribution is 0.355. The maximum Gasteiger partial charge on any atom is 0.161 e. The highest BCUT2D eigenvalue weighted by Gasteiger charge is 2.27. The van der Waals surface area contributed by atoms with E-state index in [2.05, 4.69) is 15.2 Å². The molecule has 6 nitrogen and oxygen atoms in total. The highest BCUT2D eigenvalue weighted by atomic mass is 16.5. The van der Waals surface area contributed by atoms with Crippen LogP contribution in [0.15, 0.2) is 30.6 Å². The smallest absolute Gasteiger partial charge is 0.161 e. The largest absolute Gasteiger partial charge is 0.496 e. The number of benzene rings is 1. The third kappa shape index (κ3) is 2.50. The van der Waals surface area contributed by atoms with Gasteiger partial charge in [0.05, 0.1) is 27.0 Å². The van der Waals surface area contributed by atoms with Gasteiger partial charge in [-0.25, -0.2) is 0 Å². The molecule has 0 aliphatic heterocycles. The van der Waals surface area contributed by atoms with Crippen LogP contribution in [-0.2, 0) is 12.8 Å². The first-order valence-corrected chi connectivity index (χ1v) is 8.03. The molecule has 0 saturated heterocycles. The van der Waals surface area contributed by atoms with Crippen molar-refractivity contribution in [3.05, 3.63) is 53.0 Å². The molecule has 3 aromatic rings. The molecule has 0 fully saturated rings. The summed E-state index contributed by atoms with van der Waals surface area (Å²) >= 11 is 0. The first-order chi connectivity index (χ1) is 12.2. The van der Waals surface area contributed by atoms with E-state index in [-0.39, 0.29) is 0 Å². The quantitative estimate of drug-likeness (QED) is 0.606. The van der Waals surface area contributed by atoms with Crippen LogP contribution in [0, 0.1) is 0 Å². The molecule has 1 N–H and O–H groups in total. The van der Waals surface area contributed by atoms with E-state index in [0.717, 1.165) is 40.4 Å². The molecule has 1 aromatic carbocycles. The summed E-state index contributed by atoms with van der Waals surface area (Å²) < 4.78 is 16.3. The molecular formula is C19H19N3O3. The fourth-order valence-corrected chi connectivity index (χ4v) is 3.38. The second-order valence-electron chi connectivity index (χ2n) is 5.93. The zero-order valence-corrected chi connectivity index (χ0v) is 14.4. The highest BCUT2D eigenvalue weighted by molar-refractivity contribution is 5.77. The van der Waals surface area contributed by atoms with Crippen molar-refractivity contribution < 1.29 is 14.2 Å². The summed E-state index contributed by atoms with van der Waals surface area (Å²) in [6.07, 6.45) is 5.08. The molecule has 4 rings (SSSR count). The Kier molecular flexibility index (Phi) is 3.80. The Bertz CT molecular complexity index is 934. The van der Waals surface area contributed by atoms with E-state index in [1.54, 1.807) is 27.5 Å². The fourth-order valence-electron chi connectivity index (χ4n) is 3.38. The van der Waals surface area contributed by atoms with Gasteiger partial charge in [-0.15, -0.1) is 0 Å². The van der Waals surface area contributed by atoms with Crippen LogP contribution in [0.1, 0.15) is 22.4 Å². The summed E-state index contributed by atoms with van der Waals surface area (Å²) in [5, 5.41) is 7.72. The Morgan fingerprint density at radius 2 is 1.80 bits per heavy atom. The normalized spacial score (nSPS) is 11.8. The lowest BCUT2D eigenvalue weighted by Crippen LogP contribution is -1.98. The number of ether oxygens (including phenoxy) is 3. The fraction of sp³-hybridized carbons (Fsp3) is 0.263. The molecule has 1 aliphatic carbocycles. The number of pyridine rings is 1. The molecule has 2 aromatic heterocycles. The van der Waals surface area contributed by atoms with Crippen molar-refractivity contribution in [2.45, 2.75) is 12.8 Å². The minimum atomic E-state index is 0.696. The van der Waals surface area contributed by atoms with E-state index in [1.165, 1.54) is 11.1 Å². The van der Waals surface area contributed by atoms with Gasteiger partial charge in [0.25, 0.3) is 0 Å². The highest BCUT2D eigenvalue weighted by Crippen LogP contribution is 2.43. The molecule has 25 heavy (non-hydrogen) atoms. The van der Waals surface area contributed by atoms with E-state index in [4.69, 9.17) is 14.2 Å². The first-order valence-electron chi connectivity index (χ1n) is 8.03. The van der Waals surface area contributed by atoms with E-state index >= 15 is 0 Å². The zero-order chi connectivity index (χ0) is 17.4. The zero-order valence-electron chi connectivity index (χ0n) is 14.4. The number of fused-ring (bicyclic) bond motifs is 3. The topological polar surface area (TPSA) is 69.3 Å². The maximum absolute atomic E-state index is 5.43. The summed E-state index contributed by atoms with van der Waals surface area (Å²) in [7, 11) is 4.97. The summed E-state index contributed by atoms with van der Waals surface area (Å²) in [5.74, 6) is 2.29. The van der Waals surface area contributed by atoms with Gasteiger partial charge in [0.2, 0.25) is 0 Å². The number of nitrogens with zero attached hydrogens (tertiary/aromatic N) is 2. The first kappa shape index (κ1) is 15.5. The Morgan fingerprint density at radius 1 is 1.04 bits per heavy atom. The number of methoxy groups -OCH3 is 3. The Labute approximate surface area is 145 Å². The third-order valence-electron chi connectivity index (χ3n) is 4.63. The molecule has 1 aliphatic rings. The third-order valence-corrected chi connectivity index (χ3v) is 4.63. The van der Waals surface area contributed by atoms with Gasteiger partial charge in [-0.2, -0.15) is 5.10 Å². The molecule has 2 heterocycles. The van der Waals surface area contributed by atoms with E-state index in [0.29, 0.717) is 12.2 Å². The number of aromatic amines is 1. The lowest BCUT2D eigenvalue weighted by Gasteiger charge is -2.10.